The molecule has 21 heavy (non-hydrogen) atoms. The minimum absolute atomic E-state index is 0.165. The highest BCUT2D eigenvalue weighted by Crippen LogP contribution is 2.33. The molecule has 0 aliphatic carbocycles. The molecule has 110 valence electrons. The Hall–Kier alpha value is -1.66. The van der Waals surface area contributed by atoms with Crippen LogP contribution in [0.15, 0.2) is 22.7 Å². The van der Waals surface area contributed by atoms with Crippen molar-refractivity contribution in [2.24, 2.45) is 0 Å². The molecule has 0 radical (unpaired) electrons. The van der Waals surface area contributed by atoms with Gasteiger partial charge in [-0.15, -0.1) is 11.3 Å². The van der Waals surface area contributed by atoms with Crippen molar-refractivity contribution in [3.05, 3.63) is 49.8 Å². The Morgan fingerprint density at radius 3 is 2.52 bits per heavy atom. The van der Waals surface area contributed by atoms with Gasteiger partial charge in [0, 0.05) is 14.9 Å². The van der Waals surface area contributed by atoms with Crippen molar-refractivity contribution >= 4 is 44.1 Å². The van der Waals surface area contributed by atoms with Gasteiger partial charge in [0.25, 0.3) is 5.91 Å². The van der Waals surface area contributed by atoms with E-state index in [0.29, 0.717) is 16.1 Å². The van der Waals surface area contributed by atoms with Gasteiger partial charge in [0.15, 0.2) is 0 Å². The van der Waals surface area contributed by atoms with Gasteiger partial charge in [-0.05, 0) is 44.0 Å². The summed E-state index contributed by atoms with van der Waals surface area (Å²) in [4.78, 5) is 24.6. The lowest BCUT2D eigenvalue weighted by Crippen LogP contribution is -2.14. The number of carboxylic acids is 1. The summed E-state index contributed by atoms with van der Waals surface area (Å²) in [6, 6.07) is 5.41. The lowest BCUT2D eigenvalue weighted by molar-refractivity contribution is 0.0697. The summed E-state index contributed by atoms with van der Waals surface area (Å²) >= 11 is 4.61. The Kier molecular flexibility index (Phi) is 4.49. The van der Waals surface area contributed by atoms with Gasteiger partial charge in [-0.1, -0.05) is 22.0 Å². The van der Waals surface area contributed by atoms with E-state index in [2.05, 4.69) is 21.2 Å². The third-order valence-corrected chi connectivity index (χ3v) is 4.89. The van der Waals surface area contributed by atoms with E-state index >= 15 is 0 Å². The predicted molar refractivity (Wildman–Crippen MR) is 87.6 cm³/mol. The zero-order valence-electron chi connectivity index (χ0n) is 11.8. The van der Waals surface area contributed by atoms with Crippen LogP contribution < -0.4 is 5.32 Å². The van der Waals surface area contributed by atoms with Gasteiger partial charge in [-0.2, -0.15) is 0 Å². The summed E-state index contributed by atoms with van der Waals surface area (Å²) in [6.45, 7) is 5.42. The van der Waals surface area contributed by atoms with E-state index in [4.69, 9.17) is 0 Å². The van der Waals surface area contributed by atoms with Gasteiger partial charge in [0.1, 0.15) is 5.00 Å². The molecule has 2 aromatic rings. The van der Waals surface area contributed by atoms with E-state index in [-0.39, 0.29) is 11.5 Å². The highest BCUT2D eigenvalue weighted by Gasteiger charge is 2.21. The number of nitrogens with one attached hydrogen (secondary N) is 1. The molecule has 0 aliphatic rings. The number of halogens is 1. The molecule has 1 aromatic carbocycles. The maximum atomic E-state index is 12.4. The van der Waals surface area contributed by atoms with Gasteiger partial charge in [0.2, 0.25) is 0 Å². The molecule has 2 N–H and O–H groups in total. The first-order valence-electron chi connectivity index (χ1n) is 6.22. The molecule has 4 nitrogen and oxygen atoms in total. The molecule has 1 aromatic heterocycles. The maximum absolute atomic E-state index is 12.4. The molecule has 6 heteroatoms. The number of amides is 1. The zero-order valence-corrected chi connectivity index (χ0v) is 14.2. The van der Waals surface area contributed by atoms with Gasteiger partial charge in [-0.25, -0.2) is 4.79 Å². The van der Waals surface area contributed by atoms with Crippen LogP contribution in [-0.2, 0) is 0 Å². The fraction of sp³-hybridized carbons (Fsp3) is 0.200. The van der Waals surface area contributed by atoms with Crippen LogP contribution in [0.1, 0.15) is 36.7 Å². The number of rotatable bonds is 3. The molecular weight excluding hydrogens is 354 g/mol. The molecular formula is C15H14BrNO3S. The van der Waals surface area contributed by atoms with Gasteiger partial charge >= 0.3 is 5.97 Å². The number of carbonyl (C=O) groups excluding carboxylic acids is 1. The lowest BCUT2D eigenvalue weighted by atomic mass is 10.1. The number of hydrogen-bond donors (Lipinski definition) is 2. The van der Waals surface area contributed by atoms with Crippen molar-refractivity contribution in [2.45, 2.75) is 20.8 Å². The molecule has 0 saturated carbocycles. The van der Waals surface area contributed by atoms with Gasteiger partial charge in [0.05, 0.1) is 5.56 Å². The minimum Gasteiger partial charge on any atom is -0.478 e. The average molecular weight is 368 g/mol. The Morgan fingerprint density at radius 1 is 1.24 bits per heavy atom. The van der Waals surface area contributed by atoms with Crippen LogP contribution >= 0.6 is 27.3 Å². The number of hydrogen-bond acceptors (Lipinski definition) is 3. The second-order valence-corrected chi connectivity index (χ2v) is 6.85. The first-order chi connectivity index (χ1) is 9.81. The molecule has 1 amide bonds. The number of aryl methyl sites for hydroxylation is 2. The van der Waals surface area contributed by atoms with E-state index in [9.17, 15) is 14.7 Å². The average Bonchev–Trinajstić information content (AvgIpc) is 2.67. The van der Waals surface area contributed by atoms with Gasteiger partial charge < -0.3 is 10.4 Å². The third-order valence-electron chi connectivity index (χ3n) is 3.27. The summed E-state index contributed by atoms with van der Waals surface area (Å²) in [5.74, 6) is -1.34. The quantitative estimate of drug-likeness (QED) is 0.845. The summed E-state index contributed by atoms with van der Waals surface area (Å²) in [7, 11) is 0. The molecule has 0 unspecified atom stereocenters. The highest BCUT2D eigenvalue weighted by atomic mass is 79.9. The third kappa shape index (κ3) is 3.16. The van der Waals surface area contributed by atoms with Crippen molar-refractivity contribution < 1.29 is 14.7 Å². The Balaban J connectivity index is 2.38. The van der Waals surface area contributed by atoms with Crippen molar-refractivity contribution in [3.63, 3.8) is 0 Å². The number of carbonyl (C=O) groups is 2. The zero-order chi connectivity index (χ0) is 15.7. The van der Waals surface area contributed by atoms with Gasteiger partial charge in [-0.3, -0.25) is 4.79 Å². The second kappa shape index (κ2) is 5.99. The monoisotopic (exact) mass is 367 g/mol. The van der Waals surface area contributed by atoms with Crippen LogP contribution in [0.3, 0.4) is 0 Å². The van der Waals surface area contributed by atoms with Crippen molar-refractivity contribution in [1.29, 1.82) is 0 Å². The Morgan fingerprint density at radius 2 is 1.90 bits per heavy atom. The van der Waals surface area contributed by atoms with Crippen LogP contribution in [0.2, 0.25) is 0 Å². The van der Waals surface area contributed by atoms with Crippen LogP contribution in [0.4, 0.5) is 5.00 Å². The fourth-order valence-corrected chi connectivity index (χ4v) is 3.39. The maximum Gasteiger partial charge on any atom is 0.338 e. The number of thiophene rings is 1. The normalized spacial score (nSPS) is 10.5. The highest BCUT2D eigenvalue weighted by molar-refractivity contribution is 9.10. The van der Waals surface area contributed by atoms with Crippen molar-refractivity contribution in [3.8, 4) is 0 Å². The Bertz CT molecular complexity index is 737. The van der Waals surface area contributed by atoms with E-state index in [0.717, 1.165) is 14.9 Å². The topological polar surface area (TPSA) is 66.4 Å². The fourth-order valence-electron chi connectivity index (χ4n) is 1.98. The molecule has 0 saturated heterocycles. The first-order valence-corrected chi connectivity index (χ1v) is 7.83. The summed E-state index contributed by atoms with van der Waals surface area (Å²) in [6.07, 6.45) is 0. The van der Waals surface area contributed by atoms with Crippen LogP contribution in [0.25, 0.3) is 0 Å². The summed E-state index contributed by atoms with van der Waals surface area (Å²) in [5.41, 5.74) is 2.20. The Labute approximate surface area is 134 Å². The molecule has 0 spiro atoms. The van der Waals surface area contributed by atoms with Crippen LogP contribution in [0.5, 0.6) is 0 Å². The summed E-state index contributed by atoms with van der Waals surface area (Å²) in [5, 5.41) is 12.4. The molecule has 1 heterocycles. The van der Waals surface area contributed by atoms with E-state index in [1.165, 1.54) is 11.3 Å². The SMILES string of the molecule is Cc1ccc(Br)cc1C(=O)Nc1sc(C)c(C)c1C(=O)O. The smallest absolute Gasteiger partial charge is 0.338 e. The van der Waals surface area contributed by atoms with Crippen molar-refractivity contribution in [1.82, 2.24) is 0 Å². The number of anilines is 1. The minimum atomic E-state index is -1.03. The molecule has 0 bridgehead atoms. The van der Waals surface area contributed by atoms with E-state index in [1.54, 1.807) is 13.0 Å². The molecule has 2 rings (SSSR count). The van der Waals surface area contributed by atoms with E-state index < -0.39 is 5.97 Å². The summed E-state index contributed by atoms with van der Waals surface area (Å²) < 4.78 is 0.801. The second-order valence-electron chi connectivity index (χ2n) is 4.71. The van der Waals surface area contributed by atoms with Crippen LogP contribution in [-0.4, -0.2) is 17.0 Å². The first kappa shape index (κ1) is 15.7. The molecule has 0 fully saturated rings. The predicted octanol–water partition coefficient (Wildman–Crippen LogP) is 4.39. The lowest BCUT2D eigenvalue weighted by Gasteiger charge is -2.08. The standard InChI is InChI=1S/C15H14BrNO3S/c1-7-4-5-10(16)6-11(7)13(18)17-14-12(15(19)20)8(2)9(3)21-14/h4-6H,1-3H3,(H,17,18)(H,19,20). The number of benzene rings is 1. The van der Waals surface area contributed by atoms with Crippen molar-refractivity contribution in [2.75, 3.05) is 5.32 Å². The van der Waals surface area contributed by atoms with E-state index in [1.807, 2.05) is 26.0 Å². The molecule has 0 atom stereocenters. The number of aromatic carboxylic acids is 1. The number of carboxylic acid groups (broad SMARTS) is 1. The molecule has 0 aliphatic heterocycles. The largest absolute Gasteiger partial charge is 0.478 e. The van der Waals surface area contributed by atoms with Crippen LogP contribution in [0, 0.1) is 20.8 Å².